The van der Waals surface area contributed by atoms with Crippen LogP contribution >= 0.6 is 11.6 Å². The number of aromatic nitrogens is 2. The van der Waals surface area contributed by atoms with E-state index < -0.39 is 46.0 Å². The number of imidazole rings is 1. The molecule has 0 aliphatic heterocycles. The van der Waals surface area contributed by atoms with Crippen molar-refractivity contribution < 1.29 is 33.9 Å². The zero-order valence-corrected chi connectivity index (χ0v) is 18.4. The predicted molar refractivity (Wildman–Crippen MR) is 110 cm³/mol. The van der Waals surface area contributed by atoms with Gasteiger partial charge in [-0.15, -0.1) is 4.90 Å². The summed E-state index contributed by atoms with van der Waals surface area (Å²) in [7, 11) is 0. The summed E-state index contributed by atoms with van der Waals surface area (Å²) < 4.78 is 10.9. The largest absolute Gasteiger partial charge is 0.464 e. The minimum atomic E-state index is -1.66. The van der Waals surface area contributed by atoms with Crippen LogP contribution in [0.4, 0.5) is 26.0 Å². The van der Waals surface area contributed by atoms with Gasteiger partial charge in [0.25, 0.3) is 5.69 Å². The number of nitro benzene ring substituents is 1. The fourth-order valence-corrected chi connectivity index (χ4v) is 2.63. The maximum Gasteiger partial charge on any atom is 0.427 e. The van der Waals surface area contributed by atoms with Crippen molar-refractivity contribution in [2.75, 3.05) is 4.90 Å². The summed E-state index contributed by atoms with van der Waals surface area (Å²) in [5.41, 5.74) is -3.04. The van der Waals surface area contributed by atoms with Gasteiger partial charge in [0.05, 0.1) is 16.0 Å². The number of hydrogen-bond acceptors (Lipinski definition) is 8. The molecule has 2 rings (SSSR count). The molecule has 0 saturated carbocycles. The van der Waals surface area contributed by atoms with E-state index >= 15 is 0 Å². The summed E-state index contributed by atoms with van der Waals surface area (Å²) in [5, 5.41) is 20.6. The highest BCUT2D eigenvalue weighted by molar-refractivity contribution is 6.33. The van der Waals surface area contributed by atoms with Crippen LogP contribution in [-0.2, 0) is 9.47 Å². The van der Waals surface area contributed by atoms with Gasteiger partial charge in [0.2, 0.25) is 5.95 Å². The number of amides is 2. The quantitative estimate of drug-likeness (QED) is 0.495. The number of nitro groups is 1. The number of imide groups is 1. The minimum absolute atomic E-state index is 0.106. The summed E-state index contributed by atoms with van der Waals surface area (Å²) >= 11 is 5.88. The van der Waals surface area contributed by atoms with E-state index in [1.807, 2.05) is 0 Å². The number of rotatable bonds is 2. The lowest BCUT2D eigenvalue weighted by Gasteiger charge is -2.27. The Morgan fingerprint density at radius 3 is 1.97 bits per heavy atom. The Morgan fingerprint density at radius 1 is 1.10 bits per heavy atom. The first-order valence-corrected chi connectivity index (χ1v) is 9.25. The fraction of sp³-hybridized carbons (Fsp3) is 0.444. The third kappa shape index (κ3) is 5.40. The Hall–Kier alpha value is -3.41. The van der Waals surface area contributed by atoms with Crippen LogP contribution in [0.25, 0.3) is 11.0 Å². The highest BCUT2D eigenvalue weighted by Gasteiger charge is 2.38. The van der Waals surface area contributed by atoms with Gasteiger partial charge in [-0.1, -0.05) is 11.6 Å². The molecule has 0 saturated heterocycles. The van der Waals surface area contributed by atoms with E-state index in [1.165, 1.54) is 0 Å². The van der Waals surface area contributed by atoms with E-state index in [-0.39, 0.29) is 16.1 Å². The first-order chi connectivity index (χ1) is 14.0. The molecule has 0 atom stereocenters. The lowest BCUT2D eigenvalue weighted by Crippen LogP contribution is -2.45. The van der Waals surface area contributed by atoms with E-state index in [0.717, 1.165) is 12.1 Å². The van der Waals surface area contributed by atoms with Crippen LogP contribution in [0.15, 0.2) is 12.1 Å². The van der Waals surface area contributed by atoms with Crippen molar-refractivity contribution in [1.82, 2.24) is 9.55 Å². The van der Waals surface area contributed by atoms with Crippen LogP contribution in [0.5, 0.6) is 0 Å². The van der Waals surface area contributed by atoms with Crippen molar-refractivity contribution in [1.29, 1.82) is 0 Å². The summed E-state index contributed by atoms with van der Waals surface area (Å²) in [5.74, 6) is -0.692. The molecule has 168 valence electrons. The predicted octanol–water partition coefficient (Wildman–Crippen LogP) is 4.80. The van der Waals surface area contributed by atoms with Gasteiger partial charge in [-0.2, -0.15) is 0 Å². The van der Waals surface area contributed by atoms with Crippen molar-refractivity contribution in [3.8, 4) is 0 Å². The lowest BCUT2D eigenvalue weighted by atomic mass is 10.2. The zero-order chi connectivity index (χ0) is 23.9. The maximum atomic E-state index is 12.8. The molecular weight excluding hydrogens is 436 g/mol. The van der Waals surface area contributed by atoms with Crippen LogP contribution < -0.4 is 4.90 Å². The Balaban J connectivity index is 2.79. The highest BCUT2D eigenvalue weighted by atomic mass is 35.5. The molecule has 0 radical (unpaired) electrons. The Labute approximate surface area is 181 Å². The first-order valence-electron chi connectivity index (χ1n) is 8.87. The molecule has 1 N–H and O–H groups in total. The zero-order valence-electron chi connectivity index (χ0n) is 17.6. The van der Waals surface area contributed by atoms with Crippen LogP contribution in [0.3, 0.4) is 0 Å². The lowest BCUT2D eigenvalue weighted by molar-refractivity contribution is -0.384. The second-order valence-corrected chi connectivity index (χ2v) is 8.78. The number of ether oxygens (including phenoxy) is 2. The van der Waals surface area contributed by atoms with Crippen LogP contribution in [0.1, 0.15) is 41.5 Å². The van der Waals surface area contributed by atoms with Crippen molar-refractivity contribution >= 4 is 52.5 Å². The second-order valence-electron chi connectivity index (χ2n) is 8.38. The number of halogens is 1. The third-order valence-electron chi connectivity index (χ3n) is 3.45. The third-order valence-corrected chi connectivity index (χ3v) is 3.75. The van der Waals surface area contributed by atoms with E-state index in [1.54, 1.807) is 41.5 Å². The van der Waals surface area contributed by atoms with Gasteiger partial charge < -0.3 is 14.6 Å². The number of fused-ring (bicyclic) bond motifs is 1. The molecule has 1 aromatic heterocycles. The molecule has 0 spiro atoms. The van der Waals surface area contributed by atoms with Gasteiger partial charge in [0.15, 0.2) is 0 Å². The molecule has 0 unspecified atom stereocenters. The van der Waals surface area contributed by atoms with E-state index in [0.29, 0.717) is 9.47 Å². The number of hydrogen-bond donors (Lipinski definition) is 1. The fourth-order valence-electron chi connectivity index (χ4n) is 2.41. The second kappa shape index (κ2) is 8.02. The van der Waals surface area contributed by atoms with Gasteiger partial charge >= 0.3 is 18.3 Å². The molecular formula is C18H21ClN4O8. The molecule has 31 heavy (non-hydrogen) atoms. The molecule has 0 aliphatic carbocycles. The number of nitrogens with zero attached hydrogens (tertiary/aromatic N) is 4. The van der Waals surface area contributed by atoms with E-state index in [4.69, 9.17) is 21.1 Å². The van der Waals surface area contributed by atoms with Gasteiger partial charge in [0.1, 0.15) is 16.2 Å². The molecule has 13 heteroatoms. The molecule has 0 fully saturated rings. The SMILES string of the molecule is CC(C)(C)OC(=O)N(C(=O)OC(C)(C)C)c1nc2cc(Cl)c([N+](=O)[O-])cc2n1C(=O)O. The minimum Gasteiger partial charge on any atom is -0.464 e. The number of carboxylic acid groups (broad SMARTS) is 1. The topological polar surface area (TPSA) is 154 Å². The summed E-state index contributed by atoms with van der Waals surface area (Å²) in [4.78, 5) is 52.3. The summed E-state index contributed by atoms with van der Waals surface area (Å²) in [6.07, 6.45) is -4.16. The Kier molecular flexibility index (Phi) is 6.18. The Bertz CT molecular complexity index is 1050. The van der Waals surface area contributed by atoms with Crippen molar-refractivity contribution in [3.05, 3.63) is 27.3 Å². The van der Waals surface area contributed by atoms with Crippen LogP contribution in [-0.4, -0.2) is 49.1 Å². The number of carbonyl (C=O) groups excluding carboxylic acids is 2. The normalized spacial score (nSPS) is 11.8. The average molecular weight is 457 g/mol. The molecule has 2 amide bonds. The van der Waals surface area contributed by atoms with Crippen molar-refractivity contribution in [3.63, 3.8) is 0 Å². The molecule has 0 bridgehead atoms. The standard InChI is InChI=1S/C18H21ClN4O8/c1-17(2,3)30-15(26)22(16(27)31-18(4,5)6)13-20-10-7-9(19)11(23(28)29)8-12(10)21(13)14(24)25/h7-8H,1-6H3,(H,24,25). The van der Waals surface area contributed by atoms with Crippen molar-refractivity contribution in [2.45, 2.75) is 52.7 Å². The summed E-state index contributed by atoms with van der Waals surface area (Å²) in [6.45, 7) is 9.26. The molecule has 2 aromatic rings. The number of benzene rings is 1. The molecule has 12 nitrogen and oxygen atoms in total. The van der Waals surface area contributed by atoms with Gasteiger partial charge in [-0.25, -0.2) is 23.9 Å². The smallest absolute Gasteiger partial charge is 0.427 e. The number of anilines is 1. The van der Waals surface area contributed by atoms with Gasteiger partial charge in [0, 0.05) is 6.07 Å². The van der Waals surface area contributed by atoms with E-state index in [9.17, 15) is 29.6 Å². The monoisotopic (exact) mass is 456 g/mol. The van der Waals surface area contributed by atoms with Crippen molar-refractivity contribution in [2.24, 2.45) is 0 Å². The van der Waals surface area contributed by atoms with Gasteiger partial charge in [-0.05, 0) is 47.6 Å². The Morgan fingerprint density at radius 2 is 1.58 bits per heavy atom. The first kappa shape index (κ1) is 23.9. The molecule has 1 heterocycles. The van der Waals surface area contributed by atoms with Gasteiger partial charge in [-0.3, -0.25) is 10.1 Å². The number of carbonyl (C=O) groups is 3. The summed E-state index contributed by atoms with van der Waals surface area (Å²) in [6, 6.07) is 1.94. The van der Waals surface area contributed by atoms with Crippen LogP contribution in [0.2, 0.25) is 5.02 Å². The average Bonchev–Trinajstić information content (AvgIpc) is 2.87. The van der Waals surface area contributed by atoms with Crippen LogP contribution in [0, 0.1) is 10.1 Å². The van der Waals surface area contributed by atoms with E-state index in [2.05, 4.69) is 4.98 Å². The highest BCUT2D eigenvalue weighted by Crippen LogP contribution is 2.33. The maximum absolute atomic E-state index is 12.8. The molecule has 0 aliphatic rings. The molecule has 1 aromatic carbocycles.